The van der Waals surface area contributed by atoms with Crippen molar-refractivity contribution in [1.29, 1.82) is 0 Å². The van der Waals surface area contributed by atoms with Gasteiger partial charge in [0.1, 0.15) is 0 Å². The maximum Gasteiger partial charge on any atom is 0.0590 e. The minimum absolute atomic E-state index is 0.403. The maximum absolute atomic E-state index is 9.76. The fourth-order valence-electron chi connectivity index (χ4n) is 1.41. The van der Waals surface area contributed by atoms with Crippen molar-refractivity contribution in [3.63, 3.8) is 0 Å². The van der Waals surface area contributed by atoms with Gasteiger partial charge in [-0.15, -0.1) is 11.8 Å². The van der Waals surface area contributed by atoms with E-state index in [0.29, 0.717) is 29.3 Å². The highest BCUT2D eigenvalue weighted by Crippen LogP contribution is 2.22. The molecule has 1 N–H and O–H groups in total. The first-order valence-electron chi connectivity index (χ1n) is 5.15. The van der Waals surface area contributed by atoms with Gasteiger partial charge in [0.05, 0.1) is 6.10 Å². The molecule has 0 bridgehead atoms. The Kier molecular flexibility index (Phi) is 5.69. The number of hydrogen-bond acceptors (Lipinski definition) is 1. The van der Waals surface area contributed by atoms with Gasteiger partial charge >= 0.3 is 0 Å². The van der Waals surface area contributed by atoms with Crippen molar-refractivity contribution < 1.29 is 5.11 Å². The fraction of sp³-hybridized carbons (Fsp3) is 0.385. The van der Waals surface area contributed by atoms with Gasteiger partial charge in [-0.05, 0) is 37.5 Å². The lowest BCUT2D eigenvalue weighted by atomic mass is 10.0. The van der Waals surface area contributed by atoms with Crippen LogP contribution in [0.3, 0.4) is 0 Å². The van der Waals surface area contributed by atoms with Crippen molar-refractivity contribution >= 4 is 23.2 Å². The van der Waals surface area contributed by atoms with Crippen molar-refractivity contribution in [3.05, 3.63) is 33.8 Å². The van der Waals surface area contributed by atoms with Crippen LogP contribution >= 0.6 is 23.2 Å². The largest absolute Gasteiger partial charge is 0.393 e. The first kappa shape index (κ1) is 13.4. The zero-order chi connectivity index (χ0) is 12.0. The lowest BCUT2D eigenvalue weighted by Crippen LogP contribution is -2.10. The Hall–Kier alpha value is -0.680. The van der Waals surface area contributed by atoms with E-state index in [2.05, 4.69) is 11.8 Å². The lowest BCUT2D eigenvalue weighted by Gasteiger charge is -2.10. The molecule has 0 saturated heterocycles. The molecule has 1 unspecified atom stereocenters. The zero-order valence-corrected chi connectivity index (χ0v) is 10.6. The second kappa shape index (κ2) is 6.81. The van der Waals surface area contributed by atoms with E-state index in [4.69, 9.17) is 23.2 Å². The van der Waals surface area contributed by atoms with E-state index in [9.17, 15) is 5.11 Å². The molecule has 86 valence electrons. The predicted molar refractivity (Wildman–Crippen MR) is 68.9 cm³/mol. The highest BCUT2D eigenvalue weighted by atomic mass is 35.5. The van der Waals surface area contributed by atoms with Crippen LogP contribution in [0.4, 0.5) is 0 Å². The van der Waals surface area contributed by atoms with Gasteiger partial charge in [0, 0.05) is 16.5 Å². The molecule has 0 amide bonds. The van der Waals surface area contributed by atoms with Gasteiger partial charge in [-0.1, -0.05) is 29.3 Å². The number of benzene rings is 1. The fourth-order valence-corrected chi connectivity index (χ4v) is 1.89. The summed E-state index contributed by atoms with van der Waals surface area (Å²) >= 11 is 11.8. The quantitative estimate of drug-likeness (QED) is 0.815. The molecule has 0 saturated carbocycles. The van der Waals surface area contributed by atoms with Crippen LogP contribution in [-0.2, 0) is 6.42 Å². The average Bonchev–Trinajstić information content (AvgIpc) is 2.23. The Morgan fingerprint density at radius 2 is 2.12 bits per heavy atom. The van der Waals surface area contributed by atoms with Crippen LogP contribution in [-0.4, -0.2) is 11.2 Å². The van der Waals surface area contributed by atoms with Gasteiger partial charge < -0.3 is 5.11 Å². The van der Waals surface area contributed by atoms with Gasteiger partial charge in [-0.2, -0.15) is 0 Å². The lowest BCUT2D eigenvalue weighted by molar-refractivity contribution is 0.167. The number of halogens is 2. The van der Waals surface area contributed by atoms with Crippen LogP contribution in [0.25, 0.3) is 0 Å². The van der Waals surface area contributed by atoms with E-state index >= 15 is 0 Å². The normalized spacial score (nSPS) is 11.8. The molecule has 0 aliphatic carbocycles. The molecule has 0 fully saturated rings. The molecule has 3 heteroatoms. The van der Waals surface area contributed by atoms with Gasteiger partial charge in [0.2, 0.25) is 0 Å². The van der Waals surface area contributed by atoms with E-state index in [0.717, 1.165) is 5.56 Å². The summed E-state index contributed by atoms with van der Waals surface area (Å²) in [5.74, 6) is 5.73. The Labute approximate surface area is 106 Å². The van der Waals surface area contributed by atoms with E-state index in [1.54, 1.807) is 19.1 Å². The zero-order valence-electron chi connectivity index (χ0n) is 9.13. The molecular weight excluding hydrogens is 243 g/mol. The minimum Gasteiger partial charge on any atom is -0.393 e. The van der Waals surface area contributed by atoms with E-state index in [-0.39, 0.29) is 0 Å². The second-order valence-electron chi connectivity index (χ2n) is 3.56. The molecule has 1 aromatic rings. The predicted octanol–water partition coefficient (Wildman–Crippen LogP) is 3.70. The monoisotopic (exact) mass is 256 g/mol. The summed E-state index contributed by atoms with van der Waals surface area (Å²) < 4.78 is 0. The van der Waals surface area contributed by atoms with E-state index in [1.165, 1.54) is 0 Å². The Bertz CT molecular complexity index is 404. The Morgan fingerprint density at radius 1 is 1.38 bits per heavy atom. The molecule has 1 rings (SSSR count). The van der Waals surface area contributed by atoms with Crippen LogP contribution in [0.15, 0.2) is 18.2 Å². The van der Waals surface area contributed by atoms with E-state index in [1.807, 2.05) is 6.07 Å². The smallest absolute Gasteiger partial charge is 0.0590 e. The molecule has 1 atom stereocenters. The standard InChI is InChI=1S/C13H14Cl2O/c1-2-3-4-5-12(16)8-10-6-7-11(14)9-13(10)15/h6-7,9,12,16H,4-5,8H2,1H3. The molecule has 0 aliphatic rings. The van der Waals surface area contributed by atoms with Gasteiger partial charge in [0.25, 0.3) is 0 Å². The van der Waals surface area contributed by atoms with Crippen LogP contribution < -0.4 is 0 Å². The first-order valence-corrected chi connectivity index (χ1v) is 5.90. The summed E-state index contributed by atoms with van der Waals surface area (Å²) in [4.78, 5) is 0. The van der Waals surface area contributed by atoms with Crippen LogP contribution in [0.5, 0.6) is 0 Å². The number of rotatable bonds is 4. The van der Waals surface area contributed by atoms with Crippen molar-refractivity contribution in [2.24, 2.45) is 0 Å². The second-order valence-corrected chi connectivity index (χ2v) is 4.40. The van der Waals surface area contributed by atoms with Crippen molar-refractivity contribution in [2.45, 2.75) is 32.3 Å². The van der Waals surface area contributed by atoms with Crippen LogP contribution in [0.1, 0.15) is 25.3 Å². The summed E-state index contributed by atoms with van der Waals surface area (Å²) in [6.45, 7) is 1.79. The Balaban J connectivity index is 2.54. The third kappa shape index (κ3) is 4.45. The summed E-state index contributed by atoms with van der Waals surface area (Å²) in [6.07, 6.45) is 1.52. The molecule has 0 heterocycles. The maximum atomic E-state index is 9.76. The van der Waals surface area contributed by atoms with E-state index < -0.39 is 6.10 Å². The molecule has 16 heavy (non-hydrogen) atoms. The number of aliphatic hydroxyl groups is 1. The molecule has 0 aliphatic heterocycles. The summed E-state index contributed by atoms with van der Waals surface area (Å²) in [6, 6.07) is 5.32. The molecular formula is C13H14Cl2O. The van der Waals surface area contributed by atoms with Crippen molar-refractivity contribution in [3.8, 4) is 11.8 Å². The highest BCUT2D eigenvalue weighted by Gasteiger charge is 2.08. The molecule has 1 nitrogen and oxygen atoms in total. The highest BCUT2D eigenvalue weighted by molar-refractivity contribution is 6.35. The average molecular weight is 257 g/mol. The van der Waals surface area contributed by atoms with Gasteiger partial charge in [-0.25, -0.2) is 0 Å². The summed E-state index contributed by atoms with van der Waals surface area (Å²) in [5, 5.41) is 11.0. The van der Waals surface area contributed by atoms with Crippen molar-refractivity contribution in [2.75, 3.05) is 0 Å². The van der Waals surface area contributed by atoms with Gasteiger partial charge in [-0.3, -0.25) is 0 Å². The number of hydrogen-bond donors (Lipinski definition) is 1. The van der Waals surface area contributed by atoms with Gasteiger partial charge in [0.15, 0.2) is 0 Å². The summed E-state index contributed by atoms with van der Waals surface area (Å²) in [5.41, 5.74) is 0.919. The molecule has 0 spiro atoms. The Morgan fingerprint density at radius 3 is 2.75 bits per heavy atom. The molecule has 1 aromatic carbocycles. The third-order valence-electron chi connectivity index (χ3n) is 2.25. The minimum atomic E-state index is -0.403. The topological polar surface area (TPSA) is 20.2 Å². The number of aliphatic hydroxyl groups excluding tert-OH is 1. The molecule has 0 radical (unpaired) electrons. The SMILES string of the molecule is CC#CCCC(O)Cc1ccc(Cl)cc1Cl. The first-order chi connectivity index (χ1) is 7.63. The van der Waals surface area contributed by atoms with Crippen LogP contribution in [0.2, 0.25) is 10.0 Å². The third-order valence-corrected chi connectivity index (χ3v) is 2.84. The van der Waals surface area contributed by atoms with Crippen LogP contribution in [0, 0.1) is 11.8 Å². The summed E-state index contributed by atoms with van der Waals surface area (Å²) in [7, 11) is 0. The van der Waals surface area contributed by atoms with Crippen molar-refractivity contribution in [1.82, 2.24) is 0 Å². The molecule has 0 aromatic heterocycles.